The van der Waals surface area contributed by atoms with Crippen molar-refractivity contribution in [2.75, 3.05) is 0 Å². The molecule has 19 heavy (non-hydrogen) atoms. The highest BCUT2D eigenvalue weighted by Gasteiger charge is 2.10. The van der Waals surface area contributed by atoms with Gasteiger partial charge in [0.05, 0.1) is 5.56 Å². The van der Waals surface area contributed by atoms with Crippen molar-refractivity contribution in [3.05, 3.63) is 63.9 Å². The molecule has 2 aromatic carbocycles. The summed E-state index contributed by atoms with van der Waals surface area (Å²) in [5.41, 5.74) is 1.22. The number of amides is 1. The standard InChI is InChI=1S/C14H11BrFNOS/c15-13-5-4-11(19)7-12(13)14(18)17-8-9-2-1-3-10(16)6-9/h1-7,19H,8H2,(H,17,18). The smallest absolute Gasteiger partial charge is 0.252 e. The number of carbonyl (C=O) groups is 1. The van der Waals surface area contributed by atoms with E-state index in [4.69, 9.17) is 0 Å². The lowest BCUT2D eigenvalue weighted by Gasteiger charge is -2.07. The third-order valence-corrected chi connectivity index (χ3v) is 3.51. The summed E-state index contributed by atoms with van der Waals surface area (Å²) in [6.07, 6.45) is 0. The van der Waals surface area contributed by atoms with Crippen LogP contribution in [-0.2, 0) is 6.54 Å². The van der Waals surface area contributed by atoms with Crippen molar-refractivity contribution in [2.45, 2.75) is 11.4 Å². The summed E-state index contributed by atoms with van der Waals surface area (Å²) in [7, 11) is 0. The fraction of sp³-hybridized carbons (Fsp3) is 0.0714. The van der Waals surface area contributed by atoms with Crippen molar-refractivity contribution in [3.8, 4) is 0 Å². The van der Waals surface area contributed by atoms with Gasteiger partial charge in [0, 0.05) is 15.9 Å². The Bertz CT molecular complexity index is 618. The lowest BCUT2D eigenvalue weighted by atomic mass is 10.2. The molecule has 0 fully saturated rings. The number of hydrogen-bond acceptors (Lipinski definition) is 2. The molecule has 1 amide bonds. The van der Waals surface area contributed by atoms with E-state index in [0.717, 1.165) is 0 Å². The molecule has 98 valence electrons. The number of thiol groups is 1. The van der Waals surface area contributed by atoms with E-state index in [2.05, 4.69) is 33.9 Å². The molecule has 0 aliphatic rings. The monoisotopic (exact) mass is 339 g/mol. The molecule has 0 bridgehead atoms. The first-order chi connectivity index (χ1) is 9.06. The number of benzene rings is 2. The topological polar surface area (TPSA) is 29.1 Å². The van der Waals surface area contributed by atoms with Gasteiger partial charge in [0.15, 0.2) is 0 Å². The minimum Gasteiger partial charge on any atom is -0.348 e. The summed E-state index contributed by atoms with van der Waals surface area (Å²) in [6.45, 7) is 0.278. The fourth-order valence-corrected chi connectivity index (χ4v) is 2.24. The van der Waals surface area contributed by atoms with E-state index in [1.807, 2.05) is 0 Å². The predicted octanol–water partition coefficient (Wildman–Crippen LogP) is 3.81. The van der Waals surface area contributed by atoms with Crippen LogP contribution in [0.25, 0.3) is 0 Å². The van der Waals surface area contributed by atoms with Gasteiger partial charge in [0.2, 0.25) is 0 Å². The molecule has 0 aromatic heterocycles. The summed E-state index contributed by atoms with van der Waals surface area (Å²) in [4.78, 5) is 12.7. The van der Waals surface area contributed by atoms with Crippen LogP contribution in [0.3, 0.4) is 0 Å². The second-order valence-corrected chi connectivity index (χ2v) is 5.35. The third kappa shape index (κ3) is 3.81. The second-order valence-electron chi connectivity index (χ2n) is 3.98. The molecule has 0 aliphatic carbocycles. The van der Waals surface area contributed by atoms with Crippen LogP contribution in [-0.4, -0.2) is 5.91 Å². The minimum atomic E-state index is -0.315. The van der Waals surface area contributed by atoms with Gasteiger partial charge in [-0.15, -0.1) is 12.6 Å². The maximum atomic E-state index is 13.0. The molecular formula is C14H11BrFNOS. The predicted molar refractivity (Wildman–Crippen MR) is 79.0 cm³/mol. The van der Waals surface area contributed by atoms with Gasteiger partial charge in [-0.25, -0.2) is 4.39 Å². The van der Waals surface area contributed by atoms with E-state index in [9.17, 15) is 9.18 Å². The average molecular weight is 340 g/mol. The van der Waals surface area contributed by atoms with E-state index in [1.165, 1.54) is 12.1 Å². The van der Waals surface area contributed by atoms with Gasteiger partial charge in [0.1, 0.15) is 5.82 Å². The van der Waals surface area contributed by atoms with E-state index in [0.29, 0.717) is 20.5 Å². The molecule has 2 nitrogen and oxygen atoms in total. The molecule has 2 aromatic rings. The van der Waals surface area contributed by atoms with E-state index in [-0.39, 0.29) is 18.3 Å². The van der Waals surface area contributed by atoms with Crippen molar-refractivity contribution in [2.24, 2.45) is 0 Å². The molecule has 2 rings (SSSR count). The molecule has 0 saturated carbocycles. The lowest BCUT2D eigenvalue weighted by molar-refractivity contribution is 0.0950. The Labute approximate surface area is 124 Å². The molecule has 0 radical (unpaired) electrons. The maximum Gasteiger partial charge on any atom is 0.252 e. The Hall–Kier alpha value is -1.33. The first-order valence-corrected chi connectivity index (χ1v) is 6.81. The number of nitrogens with one attached hydrogen (secondary N) is 1. The molecule has 5 heteroatoms. The molecule has 0 unspecified atom stereocenters. The molecule has 0 saturated heterocycles. The number of halogens is 2. The SMILES string of the molecule is O=C(NCc1cccc(F)c1)c1cc(S)ccc1Br. The zero-order chi connectivity index (χ0) is 13.8. The van der Waals surface area contributed by atoms with E-state index >= 15 is 0 Å². The van der Waals surface area contributed by atoms with Crippen molar-refractivity contribution in [1.82, 2.24) is 5.32 Å². The Kier molecular flexibility index (Phi) is 4.61. The molecule has 0 spiro atoms. The highest BCUT2D eigenvalue weighted by atomic mass is 79.9. The Morgan fingerprint density at radius 3 is 2.79 bits per heavy atom. The van der Waals surface area contributed by atoms with Gasteiger partial charge >= 0.3 is 0 Å². The van der Waals surface area contributed by atoms with Gasteiger partial charge in [0.25, 0.3) is 5.91 Å². The van der Waals surface area contributed by atoms with Gasteiger partial charge in [-0.2, -0.15) is 0 Å². The molecule has 0 aliphatic heterocycles. The molecule has 0 heterocycles. The van der Waals surface area contributed by atoms with Crippen molar-refractivity contribution in [1.29, 1.82) is 0 Å². The van der Waals surface area contributed by atoms with Crippen LogP contribution in [0.15, 0.2) is 51.8 Å². The van der Waals surface area contributed by atoms with Gasteiger partial charge in [-0.1, -0.05) is 12.1 Å². The molecule has 0 atom stereocenters. The first kappa shape index (κ1) is 14.1. The Morgan fingerprint density at radius 1 is 1.26 bits per heavy atom. The quantitative estimate of drug-likeness (QED) is 0.818. The summed E-state index contributed by atoms with van der Waals surface area (Å²) < 4.78 is 13.7. The zero-order valence-corrected chi connectivity index (χ0v) is 12.3. The lowest BCUT2D eigenvalue weighted by Crippen LogP contribution is -2.23. The second kappa shape index (κ2) is 6.21. The van der Waals surface area contributed by atoms with Crippen molar-refractivity contribution >= 4 is 34.5 Å². The van der Waals surface area contributed by atoms with Gasteiger partial charge in [-0.3, -0.25) is 4.79 Å². The van der Waals surface area contributed by atoms with Crippen LogP contribution < -0.4 is 5.32 Å². The van der Waals surface area contributed by atoms with Crippen molar-refractivity contribution in [3.63, 3.8) is 0 Å². The van der Waals surface area contributed by atoms with Gasteiger partial charge in [-0.05, 0) is 51.8 Å². The molecular weight excluding hydrogens is 329 g/mol. The summed E-state index contributed by atoms with van der Waals surface area (Å²) in [5.74, 6) is -0.544. The zero-order valence-electron chi connectivity index (χ0n) is 9.86. The van der Waals surface area contributed by atoms with E-state index < -0.39 is 0 Å². The summed E-state index contributed by atoms with van der Waals surface area (Å²) in [6, 6.07) is 11.4. The highest BCUT2D eigenvalue weighted by molar-refractivity contribution is 9.10. The number of rotatable bonds is 3. The summed E-state index contributed by atoms with van der Waals surface area (Å²) in [5, 5.41) is 2.74. The average Bonchev–Trinajstić information content (AvgIpc) is 2.39. The van der Waals surface area contributed by atoms with Crippen LogP contribution in [0.1, 0.15) is 15.9 Å². The van der Waals surface area contributed by atoms with E-state index in [1.54, 1.807) is 30.3 Å². The third-order valence-electron chi connectivity index (χ3n) is 2.54. The van der Waals surface area contributed by atoms with Crippen molar-refractivity contribution < 1.29 is 9.18 Å². The Balaban J connectivity index is 2.07. The number of hydrogen-bond donors (Lipinski definition) is 2. The van der Waals surface area contributed by atoms with Gasteiger partial charge < -0.3 is 5.32 Å². The van der Waals surface area contributed by atoms with Crippen LogP contribution >= 0.6 is 28.6 Å². The van der Waals surface area contributed by atoms with Crippen LogP contribution in [0, 0.1) is 5.82 Å². The van der Waals surface area contributed by atoms with Crippen LogP contribution in [0.2, 0.25) is 0 Å². The largest absolute Gasteiger partial charge is 0.348 e. The minimum absolute atomic E-state index is 0.230. The maximum absolute atomic E-state index is 13.0. The first-order valence-electron chi connectivity index (χ1n) is 5.57. The highest BCUT2D eigenvalue weighted by Crippen LogP contribution is 2.20. The number of carbonyl (C=O) groups excluding carboxylic acids is 1. The normalized spacial score (nSPS) is 10.3. The summed E-state index contributed by atoms with van der Waals surface area (Å²) >= 11 is 7.51. The van der Waals surface area contributed by atoms with Crippen LogP contribution in [0.5, 0.6) is 0 Å². The fourth-order valence-electron chi connectivity index (χ4n) is 1.61. The molecule has 1 N–H and O–H groups in total. The Morgan fingerprint density at radius 2 is 2.05 bits per heavy atom. The van der Waals surface area contributed by atoms with Crippen LogP contribution in [0.4, 0.5) is 4.39 Å².